The maximum atomic E-state index is 6.83. The highest BCUT2D eigenvalue weighted by molar-refractivity contribution is 6.03. The minimum atomic E-state index is 0.262. The summed E-state index contributed by atoms with van der Waals surface area (Å²) >= 11 is 0. The van der Waals surface area contributed by atoms with Crippen LogP contribution >= 0.6 is 0 Å². The summed E-state index contributed by atoms with van der Waals surface area (Å²) in [4.78, 5) is 0. The lowest BCUT2D eigenvalue weighted by atomic mass is 9.94. The molecule has 21 heavy (non-hydrogen) atoms. The van der Waals surface area contributed by atoms with Gasteiger partial charge in [0, 0.05) is 5.56 Å². The second-order valence-corrected chi connectivity index (χ2v) is 4.82. The molecule has 0 saturated heterocycles. The molecule has 0 aliphatic heterocycles. The second kappa shape index (κ2) is 6.79. The number of nitrogens with two attached hydrogens (primary N) is 1. The van der Waals surface area contributed by atoms with E-state index in [9.17, 15) is 0 Å². The molecule has 4 nitrogen and oxygen atoms in total. The van der Waals surface area contributed by atoms with Crippen molar-refractivity contribution in [3.63, 3.8) is 0 Å². The number of rotatable bonds is 5. The summed E-state index contributed by atoms with van der Waals surface area (Å²) in [5.74, 6) is 0.262. The Morgan fingerprint density at radius 1 is 1.05 bits per heavy atom. The van der Waals surface area contributed by atoms with Crippen LogP contribution in [0.15, 0.2) is 52.8 Å². The van der Waals surface area contributed by atoms with Gasteiger partial charge in [0.05, 0.1) is 0 Å². The monoisotopic (exact) mass is 280 g/mol. The van der Waals surface area contributed by atoms with Gasteiger partial charge in [-0.05, 0) is 35.1 Å². The van der Waals surface area contributed by atoms with Gasteiger partial charge >= 0.3 is 0 Å². The van der Waals surface area contributed by atoms with Crippen LogP contribution in [0.3, 0.4) is 0 Å². The van der Waals surface area contributed by atoms with Crippen LogP contribution in [0.25, 0.3) is 11.1 Å². The van der Waals surface area contributed by atoms with E-state index in [1.54, 1.807) is 0 Å². The van der Waals surface area contributed by atoms with E-state index < -0.39 is 0 Å². The molecule has 0 amide bonds. The zero-order valence-electron chi connectivity index (χ0n) is 12.4. The van der Waals surface area contributed by atoms with E-state index in [1.165, 1.54) is 11.1 Å². The highest BCUT2D eigenvalue weighted by Gasteiger charge is 2.10. The van der Waals surface area contributed by atoms with Gasteiger partial charge in [0.2, 0.25) is 0 Å². The number of hydrogen-bond donors (Lipinski definition) is 2. The first kappa shape index (κ1) is 14.9. The van der Waals surface area contributed by atoms with E-state index in [4.69, 9.17) is 11.3 Å². The van der Waals surface area contributed by atoms with Crippen LogP contribution in [0.1, 0.15) is 30.5 Å². The summed E-state index contributed by atoms with van der Waals surface area (Å²) in [6.07, 6.45) is 2.04. The molecule has 2 aromatic rings. The third kappa shape index (κ3) is 3.16. The number of benzene rings is 2. The molecule has 0 heterocycles. The van der Waals surface area contributed by atoms with E-state index >= 15 is 0 Å². The topological polar surface area (TPSA) is 74.6 Å². The number of nitrogens with one attached hydrogen (secondary N) is 1. The Kier molecular flexibility index (Phi) is 4.82. The molecule has 0 aromatic heterocycles. The highest BCUT2D eigenvalue weighted by atomic mass is 15.3. The molecule has 0 radical (unpaired) electrons. The van der Waals surface area contributed by atoms with Gasteiger partial charge in [-0.3, -0.25) is 0 Å². The van der Waals surface area contributed by atoms with Gasteiger partial charge in [0.25, 0.3) is 0 Å². The Hall–Kier alpha value is -2.49. The predicted molar refractivity (Wildman–Crippen MR) is 86.5 cm³/mol. The van der Waals surface area contributed by atoms with Crippen LogP contribution in [0.5, 0.6) is 0 Å². The SMILES string of the molecule is CCc1ccc(-c2ccccc2C(N)=NN=N)cc1CC. The fourth-order valence-electron chi connectivity index (χ4n) is 2.53. The van der Waals surface area contributed by atoms with E-state index in [1.807, 2.05) is 24.3 Å². The minimum Gasteiger partial charge on any atom is -0.382 e. The van der Waals surface area contributed by atoms with Crippen LogP contribution in [0.2, 0.25) is 0 Å². The minimum absolute atomic E-state index is 0.262. The molecule has 0 saturated carbocycles. The fourth-order valence-corrected chi connectivity index (χ4v) is 2.53. The summed E-state index contributed by atoms with van der Waals surface area (Å²) in [6, 6.07) is 14.3. The van der Waals surface area contributed by atoms with Crippen molar-refractivity contribution < 1.29 is 0 Å². The second-order valence-electron chi connectivity index (χ2n) is 4.82. The summed E-state index contributed by atoms with van der Waals surface area (Å²) in [7, 11) is 0. The first-order valence-electron chi connectivity index (χ1n) is 7.12. The summed E-state index contributed by atoms with van der Waals surface area (Å²) in [5, 5.41) is 6.66. The van der Waals surface area contributed by atoms with E-state index in [0.29, 0.717) is 0 Å². The lowest BCUT2D eigenvalue weighted by Gasteiger charge is -2.12. The van der Waals surface area contributed by atoms with Crippen molar-refractivity contribution in [2.45, 2.75) is 26.7 Å². The molecule has 0 bridgehead atoms. The maximum Gasteiger partial charge on any atom is 0.155 e. The smallest absolute Gasteiger partial charge is 0.155 e. The largest absolute Gasteiger partial charge is 0.382 e. The van der Waals surface area contributed by atoms with Crippen LogP contribution in [-0.4, -0.2) is 5.84 Å². The first-order chi connectivity index (χ1) is 10.2. The lowest BCUT2D eigenvalue weighted by Crippen LogP contribution is -2.13. The van der Waals surface area contributed by atoms with Crippen LogP contribution in [0, 0.1) is 5.53 Å². The normalized spacial score (nSPS) is 11.4. The molecular weight excluding hydrogens is 260 g/mol. The molecule has 108 valence electrons. The van der Waals surface area contributed by atoms with Crippen LogP contribution in [-0.2, 0) is 12.8 Å². The zero-order valence-corrected chi connectivity index (χ0v) is 12.4. The standard InChI is InChI=1S/C17H20N4/c1-3-12-9-10-14(11-13(12)4-2)15-7-5-6-8-16(15)17(18)20-21-19/h5-11H,3-4H2,1-2H3,(H3,18,19,20). The Morgan fingerprint density at radius 3 is 2.43 bits per heavy atom. The van der Waals surface area contributed by atoms with Crippen molar-refractivity contribution >= 4 is 5.84 Å². The average molecular weight is 280 g/mol. The zero-order chi connectivity index (χ0) is 15.2. The van der Waals surface area contributed by atoms with Gasteiger partial charge in [0.15, 0.2) is 5.84 Å². The molecule has 2 rings (SSSR count). The molecule has 3 N–H and O–H groups in total. The Balaban J connectivity index is 2.57. The first-order valence-corrected chi connectivity index (χ1v) is 7.12. The van der Waals surface area contributed by atoms with Gasteiger partial charge in [-0.2, -0.15) is 5.53 Å². The van der Waals surface area contributed by atoms with Crippen LogP contribution in [0.4, 0.5) is 0 Å². The Bertz CT molecular complexity index is 674. The fraction of sp³-hybridized carbons (Fsp3) is 0.235. The maximum absolute atomic E-state index is 6.83. The van der Waals surface area contributed by atoms with E-state index in [0.717, 1.165) is 29.5 Å². The molecular formula is C17H20N4. The number of hydrogen-bond acceptors (Lipinski definition) is 2. The predicted octanol–water partition coefficient (Wildman–Crippen LogP) is 4.13. The molecule has 0 fully saturated rings. The summed E-state index contributed by atoms with van der Waals surface area (Å²) < 4.78 is 0. The average Bonchev–Trinajstić information content (AvgIpc) is 2.54. The molecule has 4 heteroatoms. The van der Waals surface area contributed by atoms with Crippen molar-refractivity contribution in [3.8, 4) is 11.1 Å². The van der Waals surface area contributed by atoms with Gasteiger partial charge in [-0.25, -0.2) is 0 Å². The quantitative estimate of drug-likeness (QED) is 0.367. The van der Waals surface area contributed by atoms with E-state index in [-0.39, 0.29) is 5.84 Å². The number of amidine groups is 1. The molecule has 0 aliphatic carbocycles. The third-order valence-corrected chi connectivity index (χ3v) is 3.64. The van der Waals surface area contributed by atoms with Gasteiger partial charge < -0.3 is 5.73 Å². The molecule has 2 aromatic carbocycles. The molecule has 0 aliphatic rings. The van der Waals surface area contributed by atoms with E-state index in [2.05, 4.69) is 42.4 Å². The highest BCUT2D eigenvalue weighted by Crippen LogP contribution is 2.26. The summed E-state index contributed by atoms with van der Waals surface area (Å²) in [5.41, 5.74) is 18.4. The van der Waals surface area contributed by atoms with Crippen LogP contribution < -0.4 is 5.73 Å². The number of aryl methyl sites for hydroxylation is 2. The Labute approximate surface area is 125 Å². The van der Waals surface area contributed by atoms with Crippen molar-refractivity contribution in [2.24, 2.45) is 16.1 Å². The number of nitrogens with zero attached hydrogens (tertiary/aromatic N) is 2. The van der Waals surface area contributed by atoms with Crippen molar-refractivity contribution in [3.05, 3.63) is 59.2 Å². The van der Waals surface area contributed by atoms with Crippen molar-refractivity contribution in [2.75, 3.05) is 0 Å². The Morgan fingerprint density at radius 2 is 1.76 bits per heavy atom. The molecule has 0 atom stereocenters. The van der Waals surface area contributed by atoms with Gasteiger partial charge in [-0.1, -0.05) is 61.5 Å². The van der Waals surface area contributed by atoms with Crippen molar-refractivity contribution in [1.29, 1.82) is 5.53 Å². The molecule has 0 unspecified atom stereocenters. The van der Waals surface area contributed by atoms with Gasteiger partial charge in [-0.15, -0.1) is 5.10 Å². The lowest BCUT2D eigenvalue weighted by molar-refractivity contribution is 0.986. The van der Waals surface area contributed by atoms with Gasteiger partial charge in [0.1, 0.15) is 0 Å². The summed E-state index contributed by atoms with van der Waals surface area (Å²) in [6.45, 7) is 4.33. The molecule has 0 spiro atoms. The third-order valence-electron chi connectivity index (χ3n) is 3.64. The van der Waals surface area contributed by atoms with Crippen molar-refractivity contribution in [1.82, 2.24) is 0 Å².